The van der Waals surface area contributed by atoms with E-state index < -0.39 is 0 Å². The van der Waals surface area contributed by atoms with Gasteiger partial charge in [0.1, 0.15) is 0 Å². The zero-order valence-corrected chi connectivity index (χ0v) is 15.7. The van der Waals surface area contributed by atoms with Gasteiger partial charge in [-0.3, -0.25) is 4.79 Å². The van der Waals surface area contributed by atoms with Crippen molar-refractivity contribution in [2.24, 2.45) is 5.92 Å². The van der Waals surface area contributed by atoms with Crippen molar-refractivity contribution in [3.05, 3.63) is 53.6 Å². The van der Waals surface area contributed by atoms with Crippen LogP contribution in [0.2, 0.25) is 0 Å². The molecule has 2 aromatic carbocycles. The molecule has 0 aromatic heterocycles. The highest BCUT2D eigenvalue weighted by molar-refractivity contribution is 6.07. The molecule has 0 bridgehead atoms. The monoisotopic (exact) mass is 334 g/mol. The highest BCUT2D eigenvalue weighted by Crippen LogP contribution is 2.38. The third kappa shape index (κ3) is 4.03. The fraction of sp³-hybridized carbons (Fsp3) is 0.458. The molecule has 2 aromatic rings. The van der Waals surface area contributed by atoms with E-state index in [0.29, 0.717) is 11.7 Å². The van der Waals surface area contributed by atoms with E-state index in [1.165, 1.54) is 60.4 Å². The Bertz CT molecular complexity index is 763. The summed E-state index contributed by atoms with van der Waals surface area (Å²) in [7, 11) is 0. The van der Waals surface area contributed by atoms with Gasteiger partial charge in [-0.1, -0.05) is 81.5 Å². The Labute approximate surface area is 152 Å². The molecule has 0 amide bonds. The first-order valence-corrected chi connectivity index (χ1v) is 9.94. The van der Waals surface area contributed by atoms with E-state index in [4.69, 9.17) is 0 Å². The van der Waals surface area contributed by atoms with Gasteiger partial charge in [0.2, 0.25) is 0 Å². The van der Waals surface area contributed by atoms with Crippen molar-refractivity contribution in [2.45, 2.75) is 65.2 Å². The van der Waals surface area contributed by atoms with E-state index >= 15 is 0 Å². The average molecular weight is 335 g/mol. The number of Topliss-reactive ketones (excluding diaryl/α,β-unsaturated/α-hetero) is 1. The summed E-state index contributed by atoms with van der Waals surface area (Å²) in [5.41, 5.74) is 3.56. The highest BCUT2D eigenvalue weighted by atomic mass is 16.1. The molecule has 25 heavy (non-hydrogen) atoms. The lowest BCUT2D eigenvalue weighted by atomic mass is 9.88. The van der Waals surface area contributed by atoms with Gasteiger partial charge in [0.05, 0.1) is 0 Å². The van der Waals surface area contributed by atoms with Crippen LogP contribution in [0.15, 0.2) is 48.0 Å². The van der Waals surface area contributed by atoms with Crippen LogP contribution >= 0.6 is 0 Å². The lowest BCUT2D eigenvalue weighted by Gasteiger charge is -2.16. The molecular formula is C24H30O. The Hall–Kier alpha value is -1.89. The van der Waals surface area contributed by atoms with Crippen LogP contribution < -0.4 is 0 Å². The second kappa shape index (κ2) is 8.47. The van der Waals surface area contributed by atoms with Crippen LogP contribution in [0, 0.1) is 5.92 Å². The number of carbonyl (C=O) groups is 1. The summed E-state index contributed by atoms with van der Waals surface area (Å²) in [5.74, 6) is 0.845. The van der Waals surface area contributed by atoms with Gasteiger partial charge >= 0.3 is 0 Å². The predicted molar refractivity (Wildman–Crippen MR) is 108 cm³/mol. The minimum atomic E-state index is 0.379. The number of hydrogen-bond acceptors (Lipinski definition) is 1. The van der Waals surface area contributed by atoms with Gasteiger partial charge in [-0.15, -0.1) is 0 Å². The lowest BCUT2D eigenvalue weighted by Crippen LogP contribution is -2.05. The molecule has 3 rings (SSSR count). The van der Waals surface area contributed by atoms with E-state index in [2.05, 4.69) is 56.3 Å². The summed E-state index contributed by atoms with van der Waals surface area (Å²) in [6, 6.07) is 14.9. The normalized spacial score (nSPS) is 19.6. The molecule has 1 nitrogen and oxygen atoms in total. The van der Waals surface area contributed by atoms with Crippen molar-refractivity contribution >= 4 is 22.1 Å². The molecule has 1 saturated carbocycles. The Balaban J connectivity index is 1.85. The molecule has 0 aliphatic heterocycles. The maximum atomic E-state index is 12.6. The number of allylic oxidation sites excluding steroid dienone is 2. The van der Waals surface area contributed by atoms with Gasteiger partial charge in [0.15, 0.2) is 5.78 Å². The van der Waals surface area contributed by atoms with Gasteiger partial charge in [0.25, 0.3) is 0 Å². The van der Waals surface area contributed by atoms with Crippen molar-refractivity contribution in [3.63, 3.8) is 0 Å². The van der Waals surface area contributed by atoms with Gasteiger partial charge in [-0.2, -0.15) is 0 Å². The van der Waals surface area contributed by atoms with E-state index in [0.717, 1.165) is 18.4 Å². The summed E-state index contributed by atoms with van der Waals surface area (Å²) in [6.07, 6.45) is 9.46. The van der Waals surface area contributed by atoms with Crippen LogP contribution in [0.1, 0.15) is 70.8 Å². The Morgan fingerprint density at radius 3 is 2.60 bits per heavy atom. The zero-order chi connectivity index (χ0) is 17.6. The third-order valence-electron chi connectivity index (χ3n) is 5.68. The number of benzene rings is 2. The smallest absolute Gasteiger partial charge is 0.159 e. The summed E-state index contributed by atoms with van der Waals surface area (Å²) >= 11 is 0. The molecule has 1 aliphatic carbocycles. The molecule has 1 fully saturated rings. The zero-order valence-electron chi connectivity index (χ0n) is 15.7. The van der Waals surface area contributed by atoms with Gasteiger partial charge in [-0.05, 0) is 47.6 Å². The van der Waals surface area contributed by atoms with E-state index in [1.54, 1.807) is 0 Å². The average Bonchev–Trinajstić information content (AvgIpc) is 3.01. The molecular weight excluding hydrogens is 304 g/mol. The molecule has 0 saturated heterocycles. The molecule has 0 radical (unpaired) electrons. The molecule has 0 N–H and O–H groups in total. The standard InChI is InChI=1S/C24H30O/c1-3-4-5-6-7-12-20-16-17-23(25)24(20)18(2)21-15-10-13-19-11-8-9-14-22(19)21/h8-11,13-15,20H,3-7,12,16-17H2,1-2H3/b24-18-. The molecule has 1 heteroatoms. The molecule has 1 atom stereocenters. The first kappa shape index (κ1) is 17.9. The van der Waals surface area contributed by atoms with Crippen LogP contribution in [0.3, 0.4) is 0 Å². The van der Waals surface area contributed by atoms with E-state index in [9.17, 15) is 4.79 Å². The Morgan fingerprint density at radius 2 is 1.76 bits per heavy atom. The summed E-state index contributed by atoms with van der Waals surface area (Å²) in [4.78, 5) is 12.6. The van der Waals surface area contributed by atoms with Crippen molar-refractivity contribution < 1.29 is 4.79 Å². The fourth-order valence-corrected chi connectivity index (χ4v) is 4.31. The number of hydrogen-bond donors (Lipinski definition) is 0. The molecule has 1 unspecified atom stereocenters. The summed E-state index contributed by atoms with van der Waals surface area (Å²) < 4.78 is 0. The largest absolute Gasteiger partial charge is 0.295 e. The second-order valence-electron chi connectivity index (χ2n) is 7.43. The highest BCUT2D eigenvalue weighted by Gasteiger charge is 2.30. The summed E-state index contributed by atoms with van der Waals surface area (Å²) in [5, 5.41) is 2.51. The first-order chi connectivity index (χ1) is 12.2. The number of rotatable bonds is 7. The van der Waals surface area contributed by atoms with Crippen molar-refractivity contribution in [1.82, 2.24) is 0 Å². The molecule has 0 spiro atoms. The minimum absolute atomic E-state index is 0.379. The lowest BCUT2D eigenvalue weighted by molar-refractivity contribution is -0.114. The number of ketones is 1. The van der Waals surface area contributed by atoms with Crippen molar-refractivity contribution in [1.29, 1.82) is 0 Å². The number of fused-ring (bicyclic) bond motifs is 1. The van der Waals surface area contributed by atoms with Crippen LogP contribution in [0.25, 0.3) is 16.3 Å². The predicted octanol–water partition coefficient (Wildman–Crippen LogP) is 6.95. The third-order valence-corrected chi connectivity index (χ3v) is 5.68. The Morgan fingerprint density at radius 1 is 1.00 bits per heavy atom. The molecule has 0 heterocycles. The quantitative estimate of drug-likeness (QED) is 0.395. The SMILES string of the molecule is CCCCCCCC1CCC(=O)/C1=C(/C)c1cccc2ccccc12. The van der Waals surface area contributed by atoms with E-state index in [1.807, 2.05) is 0 Å². The van der Waals surface area contributed by atoms with Crippen LogP contribution in [-0.4, -0.2) is 5.78 Å². The second-order valence-corrected chi connectivity index (χ2v) is 7.43. The number of unbranched alkanes of at least 4 members (excludes halogenated alkanes) is 4. The molecule has 132 valence electrons. The molecule has 1 aliphatic rings. The van der Waals surface area contributed by atoms with Gasteiger partial charge in [-0.25, -0.2) is 0 Å². The summed E-state index contributed by atoms with van der Waals surface area (Å²) in [6.45, 7) is 4.41. The van der Waals surface area contributed by atoms with Crippen LogP contribution in [0.4, 0.5) is 0 Å². The van der Waals surface area contributed by atoms with Crippen molar-refractivity contribution in [2.75, 3.05) is 0 Å². The fourth-order valence-electron chi connectivity index (χ4n) is 4.31. The van der Waals surface area contributed by atoms with Gasteiger partial charge < -0.3 is 0 Å². The first-order valence-electron chi connectivity index (χ1n) is 9.94. The number of carbonyl (C=O) groups excluding carboxylic acids is 1. The van der Waals surface area contributed by atoms with Gasteiger partial charge in [0, 0.05) is 12.0 Å². The van der Waals surface area contributed by atoms with E-state index in [-0.39, 0.29) is 0 Å². The van der Waals surface area contributed by atoms with Crippen LogP contribution in [-0.2, 0) is 4.79 Å². The van der Waals surface area contributed by atoms with Crippen molar-refractivity contribution in [3.8, 4) is 0 Å². The van der Waals surface area contributed by atoms with Crippen LogP contribution in [0.5, 0.6) is 0 Å². The topological polar surface area (TPSA) is 17.1 Å². The Kier molecular flexibility index (Phi) is 6.07. The maximum absolute atomic E-state index is 12.6. The maximum Gasteiger partial charge on any atom is 0.159 e. The minimum Gasteiger partial charge on any atom is -0.295 e.